The number of fused-ring (bicyclic) bond motifs is 1. The van der Waals surface area contributed by atoms with Crippen LogP contribution in [0, 0.1) is 6.92 Å². The van der Waals surface area contributed by atoms with Gasteiger partial charge in [0.2, 0.25) is 0 Å². The lowest BCUT2D eigenvalue weighted by Crippen LogP contribution is -1.86. The summed E-state index contributed by atoms with van der Waals surface area (Å²) in [4.78, 5) is 4.67. The van der Waals surface area contributed by atoms with E-state index < -0.39 is 0 Å². The zero-order valence-corrected chi connectivity index (χ0v) is 12.2. The summed E-state index contributed by atoms with van der Waals surface area (Å²) in [7, 11) is 0. The Morgan fingerprint density at radius 3 is 2.78 bits per heavy atom. The van der Waals surface area contributed by atoms with Crippen molar-refractivity contribution >= 4 is 43.2 Å². The number of hydrogen-bond donors (Lipinski definition) is 1. The third-order valence-corrected chi connectivity index (χ3v) is 4.56. The van der Waals surface area contributed by atoms with Gasteiger partial charge in [0.25, 0.3) is 0 Å². The molecule has 0 atom stereocenters. The highest BCUT2D eigenvalue weighted by Crippen LogP contribution is 2.33. The van der Waals surface area contributed by atoms with E-state index in [0.29, 0.717) is 0 Å². The maximum Gasteiger partial charge on any atom is 0.124 e. The van der Waals surface area contributed by atoms with Crippen molar-refractivity contribution in [2.24, 2.45) is 0 Å². The molecule has 0 saturated carbocycles. The molecule has 0 aliphatic heterocycles. The number of hydrogen-bond acceptors (Lipinski definition) is 3. The lowest BCUT2D eigenvalue weighted by Gasteiger charge is -2.00. The Bertz CT molecular complexity index is 734. The number of thiazole rings is 1. The minimum absolute atomic E-state index is 0.746. The minimum atomic E-state index is 0.746. The maximum absolute atomic E-state index is 5.80. The van der Waals surface area contributed by atoms with Crippen molar-refractivity contribution in [2.75, 3.05) is 5.73 Å². The van der Waals surface area contributed by atoms with Gasteiger partial charge in [-0.3, -0.25) is 0 Å². The SMILES string of the molecule is Cc1ccc2sc(-c3ccc(N)c(Br)c3)nc2c1. The highest BCUT2D eigenvalue weighted by Gasteiger charge is 2.07. The quantitative estimate of drug-likeness (QED) is 0.665. The lowest BCUT2D eigenvalue weighted by atomic mass is 10.2. The summed E-state index contributed by atoms with van der Waals surface area (Å²) in [5, 5.41) is 1.02. The predicted octanol–water partition coefficient (Wildman–Crippen LogP) is 4.62. The van der Waals surface area contributed by atoms with Gasteiger partial charge in [-0.05, 0) is 58.7 Å². The number of aryl methyl sites for hydroxylation is 1. The molecule has 0 unspecified atom stereocenters. The number of nitrogens with zero attached hydrogens (tertiary/aromatic N) is 1. The first-order chi connectivity index (χ1) is 8.63. The van der Waals surface area contributed by atoms with Crippen molar-refractivity contribution in [3.8, 4) is 10.6 Å². The van der Waals surface area contributed by atoms with Crippen LogP contribution in [0.15, 0.2) is 40.9 Å². The zero-order chi connectivity index (χ0) is 12.7. The number of halogens is 1. The van der Waals surface area contributed by atoms with Crippen LogP contribution >= 0.6 is 27.3 Å². The van der Waals surface area contributed by atoms with Gasteiger partial charge in [0, 0.05) is 15.7 Å². The van der Waals surface area contributed by atoms with Gasteiger partial charge in [0.05, 0.1) is 10.2 Å². The Morgan fingerprint density at radius 2 is 2.00 bits per heavy atom. The maximum atomic E-state index is 5.80. The molecule has 2 aromatic carbocycles. The molecule has 0 radical (unpaired) electrons. The Hall–Kier alpha value is -1.39. The molecule has 2 nitrogen and oxygen atoms in total. The average molecular weight is 319 g/mol. The van der Waals surface area contributed by atoms with Gasteiger partial charge in [-0.2, -0.15) is 0 Å². The van der Waals surface area contributed by atoms with Gasteiger partial charge in [-0.1, -0.05) is 6.07 Å². The van der Waals surface area contributed by atoms with Crippen LogP contribution in [0.5, 0.6) is 0 Å². The molecule has 2 N–H and O–H groups in total. The molecular formula is C14H11BrN2S. The Labute approximate surface area is 118 Å². The molecule has 0 fully saturated rings. The van der Waals surface area contributed by atoms with E-state index in [-0.39, 0.29) is 0 Å². The number of nitrogens with two attached hydrogens (primary N) is 1. The van der Waals surface area contributed by atoms with E-state index in [2.05, 4.69) is 46.0 Å². The Kier molecular flexibility index (Phi) is 2.84. The van der Waals surface area contributed by atoms with E-state index in [1.807, 2.05) is 18.2 Å². The molecule has 1 heterocycles. The van der Waals surface area contributed by atoms with Gasteiger partial charge < -0.3 is 5.73 Å². The smallest absolute Gasteiger partial charge is 0.124 e. The number of anilines is 1. The fraction of sp³-hybridized carbons (Fsp3) is 0.0714. The molecule has 0 bridgehead atoms. The van der Waals surface area contributed by atoms with E-state index in [1.54, 1.807) is 11.3 Å². The van der Waals surface area contributed by atoms with Crippen molar-refractivity contribution in [1.29, 1.82) is 0 Å². The number of benzene rings is 2. The number of rotatable bonds is 1. The predicted molar refractivity (Wildman–Crippen MR) is 81.9 cm³/mol. The minimum Gasteiger partial charge on any atom is -0.398 e. The summed E-state index contributed by atoms with van der Waals surface area (Å²) in [5.74, 6) is 0. The fourth-order valence-corrected chi connectivity index (χ4v) is 3.14. The first-order valence-corrected chi connectivity index (χ1v) is 7.17. The molecule has 0 spiro atoms. The Morgan fingerprint density at radius 1 is 1.17 bits per heavy atom. The summed E-state index contributed by atoms with van der Waals surface area (Å²) >= 11 is 5.15. The molecular weight excluding hydrogens is 308 g/mol. The zero-order valence-electron chi connectivity index (χ0n) is 9.77. The van der Waals surface area contributed by atoms with E-state index in [1.165, 1.54) is 10.3 Å². The average Bonchev–Trinajstić information content (AvgIpc) is 2.75. The molecule has 90 valence electrons. The standard InChI is InChI=1S/C14H11BrN2S/c1-8-2-5-13-12(6-8)17-14(18-13)9-3-4-11(16)10(15)7-9/h2-7H,16H2,1H3. The molecule has 3 rings (SSSR count). The highest BCUT2D eigenvalue weighted by atomic mass is 79.9. The fourth-order valence-electron chi connectivity index (χ4n) is 1.82. The Balaban J connectivity index is 2.16. The first-order valence-electron chi connectivity index (χ1n) is 5.56. The molecule has 0 aliphatic carbocycles. The van der Waals surface area contributed by atoms with Crippen molar-refractivity contribution in [1.82, 2.24) is 4.98 Å². The lowest BCUT2D eigenvalue weighted by molar-refractivity contribution is 1.44. The van der Waals surface area contributed by atoms with Crippen molar-refractivity contribution in [2.45, 2.75) is 6.92 Å². The number of aromatic nitrogens is 1. The first kappa shape index (κ1) is 11.7. The van der Waals surface area contributed by atoms with Crippen LogP contribution in [0.2, 0.25) is 0 Å². The molecule has 3 aromatic rings. The summed E-state index contributed by atoms with van der Waals surface area (Å²) in [6, 6.07) is 12.3. The second kappa shape index (κ2) is 4.37. The molecule has 0 amide bonds. The molecule has 0 saturated heterocycles. The van der Waals surface area contributed by atoms with Crippen LogP contribution in [0.4, 0.5) is 5.69 Å². The second-order valence-corrected chi connectivity index (χ2v) is 6.11. The molecule has 1 aromatic heterocycles. The highest BCUT2D eigenvalue weighted by molar-refractivity contribution is 9.10. The van der Waals surface area contributed by atoms with Crippen LogP contribution in [0.1, 0.15) is 5.56 Å². The topological polar surface area (TPSA) is 38.9 Å². The molecule has 0 aliphatic rings. The van der Waals surface area contributed by atoms with E-state index in [4.69, 9.17) is 5.73 Å². The van der Waals surface area contributed by atoms with E-state index >= 15 is 0 Å². The summed E-state index contributed by atoms with van der Waals surface area (Å²) < 4.78 is 2.12. The van der Waals surface area contributed by atoms with E-state index in [0.717, 1.165) is 26.2 Å². The van der Waals surface area contributed by atoms with Crippen LogP contribution in [0.25, 0.3) is 20.8 Å². The van der Waals surface area contributed by atoms with Gasteiger partial charge in [-0.25, -0.2) is 4.98 Å². The van der Waals surface area contributed by atoms with Crippen LogP contribution < -0.4 is 5.73 Å². The van der Waals surface area contributed by atoms with Gasteiger partial charge in [0.15, 0.2) is 0 Å². The summed E-state index contributed by atoms with van der Waals surface area (Å²) in [5.41, 5.74) is 9.93. The van der Waals surface area contributed by atoms with Crippen LogP contribution in [-0.2, 0) is 0 Å². The molecule has 18 heavy (non-hydrogen) atoms. The van der Waals surface area contributed by atoms with Gasteiger partial charge >= 0.3 is 0 Å². The van der Waals surface area contributed by atoms with E-state index in [9.17, 15) is 0 Å². The second-order valence-electron chi connectivity index (χ2n) is 4.23. The van der Waals surface area contributed by atoms with Gasteiger partial charge in [0.1, 0.15) is 5.01 Å². The van der Waals surface area contributed by atoms with Crippen molar-refractivity contribution in [3.05, 3.63) is 46.4 Å². The largest absolute Gasteiger partial charge is 0.398 e. The van der Waals surface area contributed by atoms with Gasteiger partial charge in [-0.15, -0.1) is 11.3 Å². The third-order valence-electron chi connectivity index (χ3n) is 2.79. The number of nitrogen functional groups attached to an aromatic ring is 1. The normalized spacial score (nSPS) is 11.0. The van der Waals surface area contributed by atoms with Crippen molar-refractivity contribution < 1.29 is 0 Å². The third kappa shape index (κ3) is 2.02. The summed E-state index contributed by atoms with van der Waals surface area (Å²) in [6.45, 7) is 2.08. The van der Waals surface area contributed by atoms with Crippen LogP contribution in [0.3, 0.4) is 0 Å². The summed E-state index contributed by atoms with van der Waals surface area (Å²) in [6.07, 6.45) is 0. The van der Waals surface area contributed by atoms with Crippen molar-refractivity contribution in [3.63, 3.8) is 0 Å². The van der Waals surface area contributed by atoms with Crippen LogP contribution in [-0.4, -0.2) is 4.98 Å². The monoisotopic (exact) mass is 318 g/mol. The molecule has 4 heteroatoms.